The molecule has 1 fully saturated rings. The van der Waals surface area contributed by atoms with Crippen LogP contribution >= 0.6 is 0 Å². The van der Waals surface area contributed by atoms with Crippen LogP contribution in [0.5, 0.6) is 5.75 Å². The normalized spacial score (nSPS) is 25.8. The van der Waals surface area contributed by atoms with Crippen LogP contribution < -0.4 is 10.2 Å². The van der Waals surface area contributed by atoms with Crippen LogP contribution in [0.3, 0.4) is 0 Å². The predicted molar refractivity (Wildman–Crippen MR) is 90.0 cm³/mol. The summed E-state index contributed by atoms with van der Waals surface area (Å²) < 4.78 is 0. The molecule has 0 heterocycles. The molecule has 3 unspecified atom stereocenters. The maximum atomic E-state index is 9.41. The van der Waals surface area contributed by atoms with E-state index in [-0.39, 0.29) is 0 Å². The minimum Gasteiger partial charge on any atom is -0.508 e. The second-order valence-electron chi connectivity index (χ2n) is 6.64. The molecule has 0 saturated heterocycles. The highest BCUT2D eigenvalue weighted by Crippen LogP contribution is 2.30. The third kappa shape index (κ3) is 4.63. The van der Waals surface area contributed by atoms with Gasteiger partial charge in [0.05, 0.1) is 0 Å². The molecule has 0 aromatic heterocycles. The van der Waals surface area contributed by atoms with Gasteiger partial charge in [0.1, 0.15) is 5.75 Å². The Morgan fingerprint density at radius 2 is 1.95 bits per heavy atom. The fourth-order valence-corrected chi connectivity index (χ4v) is 3.46. The molecule has 0 amide bonds. The number of rotatable bonds is 6. The average Bonchev–Trinajstić information content (AvgIpc) is 2.47. The van der Waals surface area contributed by atoms with E-state index in [9.17, 15) is 5.11 Å². The number of anilines is 1. The van der Waals surface area contributed by atoms with E-state index in [4.69, 9.17) is 0 Å². The van der Waals surface area contributed by atoms with Crippen molar-refractivity contribution < 1.29 is 5.11 Å². The Kier molecular flexibility index (Phi) is 5.92. The average molecular weight is 290 g/mol. The molecular weight excluding hydrogens is 260 g/mol. The number of nitrogens with zero attached hydrogens (tertiary/aromatic N) is 1. The quantitative estimate of drug-likeness (QED) is 0.840. The van der Waals surface area contributed by atoms with Crippen LogP contribution in [0.1, 0.15) is 39.5 Å². The zero-order chi connectivity index (χ0) is 15.2. The molecule has 118 valence electrons. The van der Waals surface area contributed by atoms with Crippen LogP contribution in [0.25, 0.3) is 0 Å². The number of benzene rings is 1. The Bertz CT molecular complexity index is 416. The minimum absolute atomic E-state index is 0.334. The predicted octanol–water partition coefficient (Wildman–Crippen LogP) is 3.63. The Morgan fingerprint density at radius 3 is 2.62 bits per heavy atom. The number of hydrogen-bond acceptors (Lipinski definition) is 3. The molecule has 3 atom stereocenters. The summed E-state index contributed by atoms with van der Waals surface area (Å²) in [7, 11) is 2.16. The summed E-state index contributed by atoms with van der Waals surface area (Å²) >= 11 is 0. The number of aromatic hydroxyl groups is 1. The fourth-order valence-electron chi connectivity index (χ4n) is 3.46. The van der Waals surface area contributed by atoms with Crippen LogP contribution in [0.2, 0.25) is 0 Å². The van der Waals surface area contributed by atoms with Gasteiger partial charge in [-0.2, -0.15) is 0 Å². The highest BCUT2D eigenvalue weighted by atomic mass is 16.3. The molecule has 1 saturated carbocycles. The van der Waals surface area contributed by atoms with Crippen molar-refractivity contribution in [3.8, 4) is 5.75 Å². The van der Waals surface area contributed by atoms with E-state index >= 15 is 0 Å². The van der Waals surface area contributed by atoms with Gasteiger partial charge in [-0.25, -0.2) is 0 Å². The van der Waals surface area contributed by atoms with Crippen molar-refractivity contribution in [3.05, 3.63) is 24.3 Å². The molecule has 1 aromatic carbocycles. The lowest BCUT2D eigenvalue weighted by Gasteiger charge is -2.38. The first-order valence-corrected chi connectivity index (χ1v) is 8.33. The molecule has 0 aliphatic heterocycles. The van der Waals surface area contributed by atoms with Gasteiger partial charge in [0.15, 0.2) is 0 Å². The Morgan fingerprint density at radius 1 is 1.24 bits per heavy atom. The molecule has 0 radical (unpaired) electrons. The van der Waals surface area contributed by atoms with E-state index in [1.54, 1.807) is 12.1 Å². The molecule has 0 bridgehead atoms. The van der Waals surface area contributed by atoms with Gasteiger partial charge >= 0.3 is 0 Å². The summed E-state index contributed by atoms with van der Waals surface area (Å²) in [6.07, 6.45) is 5.16. The van der Waals surface area contributed by atoms with E-state index < -0.39 is 0 Å². The second-order valence-corrected chi connectivity index (χ2v) is 6.64. The smallest absolute Gasteiger partial charge is 0.115 e. The van der Waals surface area contributed by atoms with Gasteiger partial charge in [-0.1, -0.05) is 13.8 Å². The first kappa shape index (κ1) is 16.2. The van der Waals surface area contributed by atoms with Crippen molar-refractivity contribution in [1.29, 1.82) is 0 Å². The van der Waals surface area contributed by atoms with Crippen molar-refractivity contribution in [1.82, 2.24) is 5.32 Å². The molecule has 2 N–H and O–H groups in total. The van der Waals surface area contributed by atoms with Gasteiger partial charge < -0.3 is 15.3 Å². The van der Waals surface area contributed by atoms with Crippen molar-refractivity contribution in [2.45, 2.75) is 45.6 Å². The molecule has 3 heteroatoms. The Hall–Kier alpha value is -1.22. The van der Waals surface area contributed by atoms with Gasteiger partial charge in [-0.15, -0.1) is 0 Å². The van der Waals surface area contributed by atoms with Gasteiger partial charge in [0.25, 0.3) is 0 Å². The SMILES string of the molecule is CCCNC1CCC(C)CC1CN(C)c1ccc(O)cc1. The van der Waals surface area contributed by atoms with Crippen molar-refractivity contribution in [2.24, 2.45) is 11.8 Å². The highest BCUT2D eigenvalue weighted by Gasteiger charge is 2.29. The summed E-state index contributed by atoms with van der Waals surface area (Å²) in [4.78, 5) is 2.32. The lowest BCUT2D eigenvalue weighted by molar-refractivity contribution is 0.217. The molecule has 0 spiro atoms. The maximum absolute atomic E-state index is 9.41. The third-order valence-electron chi connectivity index (χ3n) is 4.70. The summed E-state index contributed by atoms with van der Waals surface area (Å²) in [5.74, 6) is 1.88. The van der Waals surface area contributed by atoms with Crippen LogP contribution in [0.15, 0.2) is 24.3 Å². The summed E-state index contributed by atoms with van der Waals surface area (Å²) in [6.45, 7) is 6.81. The highest BCUT2D eigenvalue weighted by molar-refractivity contribution is 5.48. The minimum atomic E-state index is 0.334. The molecular formula is C18H30N2O. The van der Waals surface area contributed by atoms with E-state index in [2.05, 4.69) is 31.1 Å². The standard InChI is InChI=1S/C18H30N2O/c1-4-11-19-18-10-5-14(2)12-15(18)13-20(3)16-6-8-17(21)9-7-16/h6-9,14-15,18-19,21H,4-5,10-13H2,1-3H3. The van der Waals surface area contributed by atoms with Crippen LogP contribution in [-0.2, 0) is 0 Å². The zero-order valence-corrected chi connectivity index (χ0v) is 13.7. The van der Waals surface area contributed by atoms with E-state index in [1.165, 1.54) is 31.4 Å². The van der Waals surface area contributed by atoms with Crippen LogP contribution in [0.4, 0.5) is 5.69 Å². The number of hydrogen-bond donors (Lipinski definition) is 2. The first-order valence-electron chi connectivity index (χ1n) is 8.33. The molecule has 2 rings (SSSR count). The first-order chi connectivity index (χ1) is 10.1. The lowest BCUT2D eigenvalue weighted by Crippen LogP contribution is -2.45. The van der Waals surface area contributed by atoms with E-state index in [0.29, 0.717) is 17.7 Å². The summed E-state index contributed by atoms with van der Waals surface area (Å²) in [6, 6.07) is 8.18. The monoisotopic (exact) mass is 290 g/mol. The van der Waals surface area contributed by atoms with Gasteiger partial charge in [-0.05, 0) is 68.3 Å². The third-order valence-corrected chi connectivity index (χ3v) is 4.70. The molecule has 3 nitrogen and oxygen atoms in total. The lowest BCUT2D eigenvalue weighted by atomic mass is 9.78. The topological polar surface area (TPSA) is 35.5 Å². The van der Waals surface area contributed by atoms with Gasteiger partial charge in [0, 0.05) is 25.3 Å². The number of nitrogens with one attached hydrogen (secondary N) is 1. The van der Waals surface area contributed by atoms with Crippen LogP contribution in [-0.4, -0.2) is 31.3 Å². The molecule has 1 aliphatic rings. The summed E-state index contributed by atoms with van der Waals surface area (Å²) in [5.41, 5.74) is 1.18. The zero-order valence-electron chi connectivity index (χ0n) is 13.7. The van der Waals surface area contributed by atoms with Crippen molar-refractivity contribution in [3.63, 3.8) is 0 Å². The van der Waals surface area contributed by atoms with Gasteiger partial charge in [0.2, 0.25) is 0 Å². The number of phenols is 1. The largest absolute Gasteiger partial charge is 0.508 e. The number of phenolic OH excluding ortho intramolecular Hbond substituents is 1. The van der Waals surface area contributed by atoms with Gasteiger partial charge in [-0.3, -0.25) is 0 Å². The molecule has 1 aliphatic carbocycles. The second kappa shape index (κ2) is 7.69. The Labute approximate surface area is 129 Å². The fraction of sp³-hybridized carbons (Fsp3) is 0.667. The van der Waals surface area contributed by atoms with Crippen molar-refractivity contribution in [2.75, 3.05) is 25.0 Å². The molecule has 21 heavy (non-hydrogen) atoms. The maximum Gasteiger partial charge on any atom is 0.115 e. The Balaban J connectivity index is 1.97. The van der Waals surface area contributed by atoms with E-state index in [0.717, 1.165) is 19.0 Å². The summed E-state index contributed by atoms with van der Waals surface area (Å²) in [5, 5.41) is 13.1. The molecule has 1 aromatic rings. The van der Waals surface area contributed by atoms with Crippen molar-refractivity contribution >= 4 is 5.69 Å². The van der Waals surface area contributed by atoms with Crippen LogP contribution in [0, 0.1) is 11.8 Å². The van der Waals surface area contributed by atoms with E-state index in [1.807, 2.05) is 12.1 Å².